The predicted molar refractivity (Wildman–Crippen MR) is 100 cm³/mol. The first-order chi connectivity index (χ1) is 12.4. The van der Waals surface area contributed by atoms with Crippen LogP contribution in [0, 0.1) is 6.92 Å². The van der Waals surface area contributed by atoms with Gasteiger partial charge in [-0.05, 0) is 61.7 Å². The number of piperidine rings is 1. The maximum atomic E-state index is 12.9. The zero-order chi connectivity index (χ0) is 18.7. The van der Waals surface area contributed by atoms with Crippen molar-refractivity contribution in [2.45, 2.75) is 31.1 Å². The second kappa shape index (κ2) is 7.78. The van der Waals surface area contributed by atoms with Gasteiger partial charge in [-0.3, -0.25) is 0 Å². The molecular weight excluding hydrogens is 374 g/mol. The Balaban J connectivity index is 1.87. The molecule has 0 aliphatic carbocycles. The van der Waals surface area contributed by atoms with Gasteiger partial charge in [0.2, 0.25) is 10.0 Å². The van der Waals surface area contributed by atoms with Gasteiger partial charge in [0.25, 0.3) is 0 Å². The molecule has 0 amide bonds. The molecule has 26 heavy (non-hydrogen) atoms. The van der Waals surface area contributed by atoms with Gasteiger partial charge in [-0.1, -0.05) is 24.1 Å². The summed E-state index contributed by atoms with van der Waals surface area (Å²) in [7, 11) is -3.62. The molecule has 0 N–H and O–H groups in total. The number of carbonyl (C=O) groups is 1. The van der Waals surface area contributed by atoms with Crippen LogP contribution in [-0.2, 0) is 10.0 Å². The number of ether oxygens (including phenoxy) is 1. The van der Waals surface area contributed by atoms with E-state index in [0.29, 0.717) is 29.4 Å². The Morgan fingerprint density at radius 1 is 1.04 bits per heavy atom. The zero-order valence-electron chi connectivity index (χ0n) is 14.4. The van der Waals surface area contributed by atoms with Gasteiger partial charge in [-0.2, -0.15) is 4.31 Å². The number of rotatable bonds is 4. The minimum Gasteiger partial charge on any atom is -0.423 e. The molecule has 1 aliphatic rings. The molecule has 3 rings (SSSR count). The van der Waals surface area contributed by atoms with Gasteiger partial charge in [0.1, 0.15) is 5.75 Å². The van der Waals surface area contributed by atoms with E-state index < -0.39 is 16.0 Å². The monoisotopic (exact) mass is 393 g/mol. The Kier molecular flexibility index (Phi) is 5.65. The van der Waals surface area contributed by atoms with Crippen molar-refractivity contribution in [2.75, 3.05) is 13.1 Å². The molecule has 138 valence electrons. The minimum absolute atomic E-state index is 0.157. The highest BCUT2D eigenvalue weighted by Gasteiger charge is 2.28. The smallest absolute Gasteiger partial charge is 0.343 e. The Hall–Kier alpha value is -1.89. The number of nitrogens with zero attached hydrogens (tertiary/aromatic N) is 1. The van der Waals surface area contributed by atoms with Crippen LogP contribution >= 0.6 is 11.6 Å². The average Bonchev–Trinajstić information content (AvgIpc) is 2.64. The molecule has 2 aromatic rings. The van der Waals surface area contributed by atoms with Gasteiger partial charge in [0.05, 0.1) is 10.5 Å². The van der Waals surface area contributed by atoms with Crippen LogP contribution in [0.3, 0.4) is 0 Å². The maximum Gasteiger partial charge on any atom is 0.343 e. The molecule has 1 heterocycles. The summed E-state index contributed by atoms with van der Waals surface area (Å²) in [6, 6.07) is 11.0. The summed E-state index contributed by atoms with van der Waals surface area (Å²) in [5.41, 5.74) is 0.805. The third-order valence-electron chi connectivity index (χ3n) is 4.38. The summed E-state index contributed by atoms with van der Waals surface area (Å²) in [6.07, 6.45) is 2.76. The molecule has 2 aromatic carbocycles. The normalized spacial score (nSPS) is 15.6. The standard InChI is InChI=1S/C19H20ClNO4S/c1-14-5-6-15(19(22)25-17-9-7-16(20)8-10-17)13-18(14)26(23,24)21-11-3-2-4-12-21/h5-10,13H,2-4,11-12H2,1H3. The minimum atomic E-state index is -3.62. The van der Waals surface area contributed by atoms with Gasteiger partial charge in [0, 0.05) is 18.1 Å². The Morgan fingerprint density at radius 3 is 2.35 bits per heavy atom. The SMILES string of the molecule is Cc1ccc(C(=O)Oc2ccc(Cl)cc2)cc1S(=O)(=O)N1CCCCC1. The van der Waals surface area contributed by atoms with E-state index >= 15 is 0 Å². The van der Waals surface area contributed by atoms with E-state index in [9.17, 15) is 13.2 Å². The lowest BCUT2D eigenvalue weighted by Crippen LogP contribution is -2.36. The van der Waals surface area contributed by atoms with Gasteiger partial charge in [-0.25, -0.2) is 13.2 Å². The molecule has 0 unspecified atom stereocenters. The molecule has 1 fully saturated rings. The number of sulfonamides is 1. The van der Waals surface area contributed by atoms with Crippen molar-refractivity contribution in [1.82, 2.24) is 4.31 Å². The molecule has 0 spiro atoms. The fourth-order valence-corrected chi connectivity index (χ4v) is 4.81. The number of hydrogen-bond donors (Lipinski definition) is 0. The highest BCUT2D eigenvalue weighted by molar-refractivity contribution is 7.89. The van der Waals surface area contributed by atoms with Crippen molar-refractivity contribution in [3.05, 3.63) is 58.6 Å². The van der Waals surface area contributed by atoms with Crippen molar-refractivity contribution in [2.24, 2.45) is 0 Å². The van der Waals surface area contributed by atoms with Gasteiger partial charge >= 0.3 is 5.97 Å². The highest BCUT2D eigenvalue weighted by Crippen LogP contribution is 2.25. The highest BCUT2D eigenvalue weighted by atomic mass is 35.5. The quantitative estimate of drug-likeness (QED) is 0.580. The van der Waals surface area contributed by atoms with Crippen LogP contribution in [0.25, 0.3) is 0 Å². The van der Waals surface area contributed by atoms with Crippen molar-refractivity contribution >= 4 is 27.6 Å². The largest absolute Gasteiger partial charge is 0.423 e. The zero-order valence-corrected chi connectivity index (χ0v) is 16.0. The average molecular weight is 394 g/mol. The van der Waals surface area contributed by atoms with Crippen LogP contribution in [-0.4, -0.2) is 31.8 Å². The number of aryl methyl sites for hydroxylation is 1. The summed E-state index contributed by atoms with van der Waals surface area (Å²) in [5, 5.41) is 0.537. The molecule has 0 bridgehead atoms. The van der Waals surface area contributed by atoms with Crippen LogP contribution < -0.4 is 4.74 Å². The maximum absolute atomic E-state index is 12.9. The molecule has 1 aliphatic heterocycles. The molecule has 5 nitrogen and oxygen atoms in total. The lowest BCUT2D eigenvalue weighted by Gasteiger charge is -2.26. The molecule has 0 saturated carbocycles. The Labute approximate surface area is 158 Å². The molecular formula is C19H20ClNO4S. The Morgan fingerprint density at radius 2 is 1.69 bits per heavy atom. The fraction of sp³-hybridized carbons (Fsp3) is 0.316. The van der Waals surface area contributed by atoms with Gasteiger partial charge in [0.15, 0.2) is 0 Å². The van der Waals surface area contributed by atoms with Gasteiger partial charge < -0.3 is 4.74 Å². The number of benzene rings is 2. The topological polar surface area (TPSA) is 63.7 Å². The summed E-state index contributed by atoms with van der Waals surface area (Å²) in [6.45, 7) is 2.76. The molecule has 0 aromatic heterocycles. The van der Waals surface area contributed by atoms with Gasteiger partial charge in [-0.15, -0.1) is 0 Å². The van der Waals surface area contributed by atoms with Crippen molar-refractivity contribution in [1.29, 1.82) is 0 Å². The van der Waals surface area contributed by atoms with Crippen molar-refractivity contribution in [3.63, 3.8) is 0 Å². The van der Waals surface area contributed by atoms with E-state index in [4.69, 9.17) is 16.3 Å². The molecule has 7 heteroatoms. The lowest BCUT2D eigenvalue weighted by molar-refractivity contribution is 0.0734. The van der Waals surface area contributed by atoms with E-state index in [1.807, 2.05) is 0 Å². The van der Waals surface area contributed by atoms with E-state index in [0.717, 1.165) is 19.3 Å². The fourth-order valence-electron chi connectivity index (χ4n) is 2.92. The predicted octanol–water partition coefficient (Wildman–Crippen LogP) is 4.04. The molecule has 0 radical (unpaired) electrons. The van der Waals surface area contributed by atoms with Crippen molar-refractivity contribution in [3.8, 4) is 5.75 Å². The van der Waals surface area contributed by atoms with Crippen LogP contribution in [0.1, 0.15) is 35.2 Å². The summed E-state index contributed by atoms with van der Waals surface area (Å²) < 4.78 is 32.7. The van der Waals surface area contributed by atoms with Crippen LogP contribution in [0.4, 0.5) is 0 Å². The number of halogens is 1. The summed E-state index contributed by atoms with van der Waals surface area (Å²) in [4.78, 5) is 12.6. The van der Waals surface area contributed by atoms with E-state index in [2.05, 4.69) is 0 Å². The van der Waals surface area contributed by atoms with Crippen LogP contribution in [0.5, 0.6) is 5.75 Å². The Bertz CT molecular complexity index is 904. The lowest BCUT2D eigenvalue weighted by atomic mass is 10.1. The second-order valence-corrected chi connectivity index (χ2v) is 8.63. The number of hydrogen-bond acceptors (Lipinski definition) is 4. The van der Waals surface area contributed by atoms with E-state index in [-0.39, 0.29) is 10.5 Å². The van der Waals surface area contributed by atoms with E-state index in [1.165, 1.54) is 10.4 Å². The van der Waals surface area contributed by atoms with Crippen LogP contribution in [0.15, 0.2) is 47.4 Å². The summed E-state index contributed by atoms with van der Waals surface area (Å²) >= 11 is 5.82. The third kappa shape index (κ3) is 4.09. The first-order valence-electron chi connectivity index (χ1n) is 8.46. The van der Waals surface area contributed by atoms with Crippen molar-refractivity contribution < 1.29 is 17.9 Å². The number of carbonyl (C=O) groups excluding carboxylic acids is 1. The summed E-state index contributed by atoms with van der Waals surface area (Å²) in [5.74, 6) is -0.261. The molecule has 0 atom stereocenters. The number of esters is 1. The second-order valence-electron chi connectivity index (χ2n) is 6.29. The first-order valence-corrected chi connectivity index (χ1v) is 10.3. The first kappa shape index (κ1) is 18.9. The third-order valence-corrected chi connectivity index (χ3v) is 6.67. The van der Waals surface area contributed by atoms with Crippen LogP contribution in [0.2, 0.25) is 5.02 Å². The molecule has 1 saturated heterocycles. The van der Waals surface area contributed by atoms with E-state index in [1.54, 1.807) is 43.3 Å².